The van der Waals surface area contributed by atoms with Gasteiger partial charge in [0.1, 0.15) is 6.54 Å². The highest BCUT2D eigenvalue weighted by Crippen LogP contribution is 2.17. The molecule has 20 heavy (non-hydrogen) atoms. The highest BCUT2D eigenvalue weighted by atomic mass is 16.2. The number of hydrogen-bond donors (Lipinski definition) is 2. The van der Waals surface area contributed by atoms with E-state index in [1.54, 1.807) is 0 Å². The lowest BCUT2D eigenvalue weighted by Gasteiger charge is -2.35. The van der Waals surface area contributed by atoms with Crippen molar-refractivity contribution in [2.45, 2.75) is 38.1 Å². The van der Waals surface area contributed by atoms with E-state index in [2.05, 4.69) is 5.32 Å². The van der Waals surface area contributed by atoms with E-state index in [1.165, 1.54) is 16.2 Å². The molecule has 4 amide bonds. The number of hydrogen-bond acceptors (Lipinski definition) is 3. The second-order valence-corrected chi connectivity index (χ2v) is 5.49. The van der Waals surface area contributed by atoms with Crippen LogP contribution in [0.15, 0.2) is 0 Å². The van der Waals surface area contributed by atoms with Gasteiger partial charge in [-0.05, 0) is 12.8 Å². The molecule has 2 fully saturated rings. The average Bonchev–Trinajstić information content (AvgIpc) is 2.41. The van der Waals surface area contributed by atoms with Crippen LogP contribution in [-0.4, -0.2) is 59.9 Å². The molecule has 7 heteroatoms. The van der Waals surface area contributed by atoms with Gasteiger partial charge in [0.05, 0.1) is 6.54 Å². The van der Waals surface area contributed by atoms with E-state index in [1.807, 2.05) is 0 Å². The number of nitrogens with one attached hydrogen (secondary N) is 1. The second-order valence-electron chi connectivity index (χ2n) is 5.49. The molecule has 1 aliphatic carbocycles. The summed E-state index contributed by atoms with van der Waals surface area (Å²) in [6, 6.07) is 0.0546. The molecule has 1 saturated carbocycles. The number of rotatable bonds is 3. The Morgan fingerprint density at radius 3 is 2.50 bits per heavy atom. The van der Waals surface area contributed by atoms with E-state index in [-0.39, 0.29) is 31.1 Å². The van der Waals surface area contributed by atoms with Gasteiger partial charge in [0.15, 0.2) is 0 Å². The molecule has 0 spiro atoms. The molecule has 0 atom stereocenters. The first kappa shape index (κ1) is 14.6. The van der Waals surface area contributed by atoms with E-state index >= 15 is 0 Å². The normalized spacial score (nSPS) is 20.9. The maximum atomic E-state index is 12.1. The summed E-state index contributed by atoms with van der Waals surface area (Å²) in [5.41, 5.74) is 5.08. The van der Waals surface area contributed by atoms with Crippen LogP contribution >= 0.6 is 0 Å². The molecule has 0 radical (unpaired) electrons. The number of carbonyl (C=O) groups is 3. The first-order valence-corrected chi connectivity index (χ1v) is 7.18. The van der Waals surface area contributed by atoms with Crippen LogP contribution in [-0.2, 0) is 9.59 Å². The van der Waals surface area contributed by atoms with Crippen LogP contribution in [0.3, 0.4) is 0 Å². The molecule has 2 aliphatic rings. The third-order valence-electron chi connectivity index (χ3n) is 3.89. The molecule has 1 heterocycles. The van der Waals surface area contributed by atoms with Gasteiger partial charge < -0.3 is 20.9 Å². The fraction of sp³-hybridized carbons (Fsp3) is 0.769. The molecule has 0 aromatic heterocycles. The Bertz CT molecular complexity index is 393. The fourth-order valence-electron chi connectivity index (χ4n) is 2.75. The zero-order valence-corrected chi connectivity index (χ0v) is 11.6. The maximum absolute atomic E-state index is 12.1. The molecule has 0 unspecified atom stereocenters. The summed E-state index contributed by atoms with van der Waals surface area (Å²) >= 11 is 0. The largest absolute Gasteiger partial charge is 0.368 e. The summed E-state index contributed by atoms with van der Waals surface area (Å²) in [4.78, 5) is 37.7. The van der Waals surface area contributed by atoms with Crippen molar-refractivity contribution in [3.05, 3.63) is 0 Å². The van der Waals surface area contributed by atoms with E-state index in [4.69, 9.17) is 5.73 Å². The Balaban J connectivity index is 1.80. The minimum atomic E-state index is -0.529. The van der Waals surface area contributed by atoms with Crippen molar-refractivity contribution < 1.29 is 14.4 Å². The van der Waals surface area contributed by atoms with Crippen LogP contribution in [0.1, 0.15) is 32.1 Å². The van der Waals surface area contributed by atoms with Crippen LogP contribution in [0.5, 0.6) is 0 Å². The number of nitrogens with two attached hydrogens (primary N) is 1. The lowest BCUT2D eigenvalue weighted by Crippen LogP contribution is -2.57. The number of nitrogens with zero attached hydrogens (tertiary/aromatic N) is 2. The summed E-state index contributed by atoms with van der Waals surface area (Å²) in [6.45, 7) is 0.750. The Kier molecular flexibility index (Phi) is 4.81. The summed E-state index contributed by atoms with van der Waals surface area (Å²) < 4.78 is 0. The van der Waals surface area contributed by atoms with Gasteiger partial charge in [-0.3, -0.25) is 9.59 Å². The maximum Gasteiger partial charge on any atom is 0.318 e. The number of carbonyl (C=O) groups excluding carboxylic acids is 3. The van der Waals surface area contributed by atoms with Crippen LogP contribution in [0.2, 0.25) is 0 Å². The monoisotopic (exact) mass is 282 g/mol. The molecule has 0 bridgehead atoms. The molecular weight excluding hydrogens is 260 g/mol. The minimum Gasteiger partial charge on any atom is -0.368 e. The highest BCUT2D eigenvalue weighted by molar-refractivity contribution is 5.88. The Labute approximate surface area is 118 Å². The van der Waals surface area contributed by atoms with Crippen molar-refractivity contribution >= 4 is 17.8 Å². The summed E-state index contributed by atoms with van der Waals surface area (Å²) in [6.07, 6.45) is 5.56. The lowest BCUT2D eigenvalue weighted by atomic mass is 9.96. The predicted molar refractivity (Wildman–Crippen MR) is 72.8 cm³/mol. The van der Waals surface area contributed by atoms with Gasteiger partial charge in [-0.15, -0.1) is 0 Å². The second kappa shape index (κ2) is 6.58. The van der Waals surface area contributed by atoms with Crippen molar-refractivity contribution in [1.82, 2.24) is 15.1 Å². The van der Waals surface area contributed by atoms with Gasteiger partial charge in [-0.2, -0.15) is 0 Å². The highest BCUT2D eigenvalue weighted by Gasteiger charge is 2.28. The smallest absolute Gasteiger partial charge is 0.318 e. The van der Waals surface area contributed by atoms with Gasteiger partial charge in [0, 0.05) is 19.1 Å². The number of piperazine rings is 1. The number of primary amides is 1. The van der Waals surface area contributed by atoms with Crippen LogP contribution in [0.25, 0.3) is 0 Å². The van der Waals surface area contributed by atoms with Gasteiger partial charge >= 0.3 is 6.03 Å². The molecular formula is C13H22N4O3. The van der Waals surface area contributed by atoms with Gasteiger partial charge in [-0.25, -0.2) is 4.79 Å². The van der Waals surface area contributed by atoms with Gasteiger partial charge in [0.25, 0.3) is 0 Å². The zero-order valence-electron chi connectivity index (χ0n) is 11.6. The summed E-state index contributed by atoms with van der Waals surface area (Å²) in [7, 11) is 0. The molecule has 3 N–H and O–H groups in total. The molecule has 0 aromatic rings. The minimum absolute atomic E-state index is 0.0197. The molecule has 1 saturated heterocycles. The SMILES string of the molecule is NC(=O)CN1CCN(C(=O)NC2CCCCC2)CC1=O. The van der Waals surface area contributed by atoms with Crippen molar-refractivity contribution in [3.63, 3.8) is 0 Å². The molecule has 2 rings (SSSR count). The predicted octanol–water partition coefficient (Wildman–Crippen LogP) is -0.342. The molecule has 7 nitrogen and oxygen atoms in total. The van der Waals surface area contributed by atoms with Crippen LogP contribution in [0.4, 0.5) is 4.79 Å². The van der Waals surface area contributed by atoms with E-state index in [0.29, 0.717) is 13.1 Å². The Hall–Kier alpha value is -1.79. The third-order valence-corrected chi connectivity index (χ3v) is 3.89. The quantitative estimate of drug-likeness (QED) is 0.741. The first-order valence-electron chi connectivity index (χ1n) is 7.18. The van der Waals surface area contributed by atoms with E-state index < -0.39 is 5.91 Å². The standard InChI is InChI=1S/C13H22N4O3/c14-11(18)8-16-6-7-17(9-12(16)19)13(20)15-10-4-2-1-3-5-10/h10H,1-9H2,(H2,14,18)(H,15,20). The van der Waals surface area contributed by atoms with Crippen LogP contribution < -0.4 is 11.1 Å². The Morgan fingerprint density at radius 1 is 1.20 bits per heavy atom. The third kappa shape index (κ3) is 3.85. The van der Waals surface area contributed by atoms with Crippen molar-refractivity contribution in [2.75, 3.05) is 26.2 Å². The average molecular weight is 282 g/mol. The lowest BCUT2D eigenvalue weighted by molar-refractivity contribution is -0.138. The fourth-order valence-corrected chi connectivity index (χ4v) is 2.75. The van der Waals surface area contributed by atoms with Gasteiger partial charge in [-0.1, -0.05) is 19.3 Å². The van der Waals surface area contributed by atoms with Crippen molar-refractivity contribution in [3.8, 4) is 0 Å². The Morgan fingerprint density at radius 2 is 1.90 bits per heavy atom. The topological polar surface area (TPSA) is 95.7 Å². The molecule has 112 valence electrons. The van der Waals surface area contributed by atoms with E-state index in [0.717, 1.165) is 25.7 Å². The summed E-state index contributed by atoms with van der Waals surface area (Å²) in [5.74, 6) is -0.757. The summed E-state index contributed by atoms with van der Waals surface area (Å²) in [5, 5.41) is 2.99. The number of urea groups is 1. The van der Waals surface area contributed by atoms with E-state index in [9.17, 15) is 14.4 Å². The van der Waals surface area contributed by atoms with Crippen molar-refractivity contribution in [1.29, 1.82) is 0 Å². The first-order chi connectivity index (χ1) is 9.56. The van der Waals surface area contributed by atoms with Crippen molar-refractivity contribution in [2.24, 2.45) is 5.73 Å². The van der Waals surface area contributed by atoms with Gasteiger partial charge in [0.2, 0.25) is 11.8 Å². The van der Waals surface area contributed by atoms with Crippen LogP contribution in [0, 0.1) is 0 Å². The molecule has 1 aliphatic heterocycles. The molecule has 0 aromatic carbocycles. The number of amides is 4. The zero-order chi connectivity index (χ0) is 14.5.